The van der Waals surface area contributed by atoms with Crippen molar-refractivity contribution in [2.75, 3.05) is 0 Å². The predicted octanol–water partition coefficient (Wildman–Crippen LogP) is 4.95. The average Bonchev–Trinajstić information content (AvgIpc) is 2.76. The van der Waals surface area contributed by atoms with Gasteiger partial charge in [-0.1, -0.05) is 44.5 Å². The fourth-order valence-corrected chi connectivity index (χ4v) is 1.49. The highest BCUT2D eigenvalue weighted by molar-refractivity contribution is 6.30. The van der Waals surface area contributed by atoms with Crippen LogP contribution >= 0.6 is 11.6 Å². The summed E-state index contributed by atoms with van der Waals surface area (Å²) in [6, 6.07) is 0. The van der Waals surface area contributed by atoms with Crippen LogP contribution < -0.4 is 0 Å². The summed E-state index contributed by atoms with van der Waals surface area (Å²) in [4.78, 5) is 15.0. The normalized spacial score (nSPS) is 11.7. The maximum atomic E-state index is 10.8. The van der Waals surface area contributed by atoms with Crippen LogP contribution in [0.2, 0.25) is 0 Å². The number of carbonyl (C=O) groups excluding carboxylic acids is 1. The Bertz CT molecular complexity index is 525. The van der Waals surface area contributed by atoms with Crippen LogP contribution in [0.1, 0.15) is 50.0 Å². The predicted molar refractivity (Wildman–Crippen MR) is 87.8 cm³/mol. The number of hydrogen-bond acceptors (Lipinski definition) is 2. The first kappa shape index (κ1) is 18.4. The van der Waals surface area contributed by atoms with E-state index >= 15 is 0 Å². The molecule has 110 valence electrons. The van der Waals surface area contributed by atoms with Crippen molar-refractivity contribution in [1.29, 1.82) is 0 Å². The standard InChI is InChI=1S/C13H15ClN2O.C3H8/c1-5-9(2)13(15-11(4)14)16-6-10(3)12(7-16)8-17;1-3-2/h5-8H,4H2,1-3H3;3H2,1-2H3/b9-5-,15-13+;. The molecule has 0 spiro atoms. The van der Waals surface area contributed by atoms with Crippen LogP contribution in [-0.2, 0) is 0 Å². The smallest absolute Gasteiger partial charge is 0.151 e. The summed E-state index contributed by atoms with van der Waals surface area (Å²) in [5.74, 6) is 0.670. The fraction of sp³-hybridized carbons (Fsp3) is 0.375. The van der Waals surface area contributed by atoms with Crippen molar-refractivity contribution in [2.45, 2.75) is 41.0 Å². The summed E-state index contributed by atoms with van der Waals surface area (Å²) in [5, 5.41) is 0.209. The summed E-state index contributed by atoms with van der Waals surface area (Å²) in [5.41, 5.74) is 2.50. The van der Waals surface area contributed by atoms with Gasteiger partial charge < -0.3 is 4.57 Å². The Morgan fingerprint density at radius 2 is 2.00 bits per heavy atom. The van der Waals surface area contributed by atoms with E-state index in [0.29, 0.717) is 11.4 Å². The summed E-state index contributed by atoms with van der Waals surface area (Å²) >= 11 is 5.71. The van der Waals surface area contributed by atoms with Gasteiger partial charge in [0.25, 0.3) is 0 Å². The molecular formula is C16H23ClN2O. The second-order valence-electron chi connectivity index (χ2n) is 4.41. The van der Waals surface area contributed by atoms with E-state index in [9.17, 15) is 4.79 Å². The third kappa shape index (κ3) is 5.57. The second-order valence-corrected chi connectivity index (χ2v) is 4.85. The molecule has 0 saturated heterocycles. The van der Waals surface area contributed by atoms with Crippen molar-refractivity contribution in [3.63, 3.8) is 0 Å². The summed E-state index contributed by atoms with van der Waals surface area (Å²) in [6.07, 6.45) is 7.57. The molecule has 0 N–H and O–H groups in total. The van der Waals surface area contributed by atoms with Crippen molar-refractivity contribution in [3.8, 4) is 0 Å². The van der Waals surface area contributed by atoms with Crippen LogP contribution in [0.3, 0.4) is 0 Å². The van der Waals surface area contributed by atoms with E-state index in [1.54, 1.807) is 10.8 Å². The van der Waals surface area contributed by atoms with Crippen molar-refractivity contribution in [3.05, 3.63) is 46.9 Å². The molecule has 1 rings (SSSR count). The Labute approximate surface area is 126 Å². The molecule has 0 saturated carbocycles. The summed E-state index contributed by atoms with van der Waals surface area (Å²) < 4.78 is 1.78. The molecule has 0 amide bonds. The molecule has 0 atom stereocenters. The Kier molecular flexibility index (Phi) is 8.57. The van der Waals surface area contributed by atoms with Gasteiger partial charge in [-0.3, -0.25) is 4.79 Å². The molecule has 1 aromatic rings. The number of hydrogen-bond donors (Lipinski definition) is 0. The number of carbonyl (C=O) groups is 1. The van der Waals surface area contributed by atoms with Gasteiger partial charge in [-0.2, -0.15) is 0 Å². The van der Waals surface area contributed by atoms with Crippen LogP contribution in [0.4, 0.5) is 0 Å². The zero-order chi connectivity index (χ0) is 15.7. The number of allylic oxidation sites excluding steroid dienone is 2. The first-order chi connectivity index (χ1) is 9.40. The van der Waals surface area contributed by atoms with Crippen molar-refractivity contribution in [1.82, 2.24) is 4.57 Å². The highest BCUT2D eigenvalue weighted by atomic mass is 35.5. The Balaban J connectivity index is 0.00000110. The molecule has 0 aliphatic heterocycles. The number of halogens is 1. The SMILES string of the molecule is C=C(Cl)/N=C(\C(C)=C/C)n1cc(C)c(C=O)c1.CCC. The van der Waals surface area contributed by atoms with Gasteiger partial charge >= 0.3 is 0 Å². The Morgan fingerprint density at radius 1 is 1.45 bits per heavy atom. The molecule has 20 heavy (non-hydrogen) atoms. The quantitative estimate of drug-likeness (QED) is 0.336. The lowest BCUT2D eigenvalue weighted by Gasteiger charge is -2.07. The minimum absolute atomic E-state index is 0.209. The zero-order valence-electron chi connectivity index (χ0n) is 12.9. The van der Waals surface area contributed by atoms with Gasteiger partial charge in [0, 0.05) is 18.0 Å². The Hall–Kier alpha value is -1.61. The Morgan fingerprint density at radius 3 is 2.35 bits per heavy atom. The number of aryl methyl sites for hydroxylation is 1. The lowest BCUT2D eigenvalue weighted by Crippen LogP contribution is -2.11. The van der Waals surface area contributed by atoms with Gasteiger partial charge in [-0.05, 0) is 31.9 Å². The molecule has 1 aromatic heterocycles. The fourth-order valence-electron chi connectivity index (χ4n) is 1.41. The molecule has 0 aromatic carbocycles. The number of rotatable bonds is 3. The molecule has 4 heteroatoms. The molecule has 3 nitrogen and oxygen atoms in total. The van der Waals surface area contributed by atoms with Crippen molar-refractivity contribution < 1.29 is 4.79 Å². The largest absolute Gasteiger partial charge is 0.307 e. The highest BCUT2D eigenvalue weighted by Crippen LogP contribution is 2.12. The third-order valence-corrected chi connectivity index (χ3v) is 2.54. The molecule has 0 aliphatic rings. The van der Waals surface area contributed by atoms with Crippen molar-refractivity contribution in [2.24, 2.45) is 4.99 Å². The van der Waals surface area contributed by atoms with E-state index in [1.165, 1.54) is 6.42 Å². The van der Waals surface area contributed by atoms with Crippen LogP contribution in [0.5, 0.6) is 0 Å². The lowest BCUT2D eigenvalue weighted by molar-refractivity contribution is 0.112. The van der Waals surface area contributed by atoms with Crippen molar-refractivity contribution >= 4 is 23.7 Å². The van der Waals surface area contributed by atoms with E-state index in [-0.39, 0.29) is 5.16 Å². The van der Waals surface area contributed by atoms with Gasteiger partial charge in [0.1, 0.15) is 11.0 Å². The number of nitrogens with zero attached hydrogens (tertiary/aromatic N) is 2. The number of aromatic nitrogens is 1. The van der Waals surface area contributed by atoms with E-state index < -0.39 is 0 Å². The molecule has 0 fully saturated rings. The van der Waals surface area contributed by atoms with E-state index in [1.807, 2.05) is 33.0 Å². The summed E-state index contributed by atoms with van der Waals surface area (Å²) in [6.45, 7) is 13.5. The molecule has 0 aliphatic carbocycles. The van der Waals surface area contributed by atoms with Gasteiger partial charge in [0.05, 0.1) is 0 Å². The molecule has 0 bridgehead atoms. The lowest BCUT2D eigenvalue weighted by atomic mass is 10.2. The topological polar surface area (TPSA) is 34.4 Å². The van der Waals surface area contributed by atoms with Gasteiger partial charge in [0.2, 0.25) is 0 Å². The van der Waals surface area contributed by atoms with Gasteiger partial charge in [-0.25, -0.2) is 4.99 Å². The van der Waals surface area contributed by atoms with Crippen LogP contribution in [0.25, 0.3) is 0 Å². The molecule has 0 unspecified atom stereocenters. The monoisotopic (exact) mass is 294 g/mol. The first-order valence-corrected chi connectivity index (χ1v) is 6.99. The molecule has 0 radical (unpaired) electrons. The van der Waals surface area contributed by atoms with E-state index in [0.717, 1.165) is 17.4 Å². The summed E-state index contributed by atoms with van der Waals surface area (Å²) in [7, 11) is 0. The van der Waals surface area contributed by atoms with E-state index in [4.69, 9.17) is 11.6 Å². The maximum absolute atomic E-state index is 10.8. The second kappa shape index (κ2) is 9.32. The van der Waals surface area contributed by atoms with Gasteiger partial charge in [0.15, 0.2) is 6.29 Å². The van der Waals surface area contributed by atoms with Gasteiger partial charge in [-0.15, -0.1) is 0 Å². The minimum atomic E-state index is 0.209. The molecular weight excluding hydrogens is 272 g/mol. The van der Waals surface area contributed by atoms with Crippen LogP contribution in [-0.4, -0.2) is 16.7 Å². The van der Waals surface area contributed by atoms with Crippen LogP contribution in [0, 0.1) is 6.92 Å². The van der Waals surface area contributed by atoms with E-state index in [2.05, 4.69) is 25.4 Å². The highest BCUT2D eigenvalue weighted by Gasteiger charge is 2.08. The number of aldehydes is 1. The molecule has 1 heterocycles. The third-order valence-electron chi connectivity index (χ3n) is 2.45. The average molecular weight is 295 g/mol. The first-order valence-electron chi connectivity index (χ1n) is 6.61. The minimum Gasteiger partial charge on any atom is -0.307 e. The zero-order valence-corrected chi connectivity index (χ0v) is 13.7. The van der Waals surface area contributed by atoms with Crippen LogP contribution in [0.15, 0.2) is 40.8 Å². The number of aliphatic imine (C=N–C) groups is 1. The maximum Gasteiger partial charge on any atom is 0.151 e.